The second-order valence-electron chi connectivity index (χ2n) is 5.78. The molecule has 1 fully saturated rings. The summed E-state index contributed by atoms with van der Waals surface area (Å²) >= 11 is 0. The van der Waals surface area contributed by atoms with Crippen molar-refractivity contribution in [3.8, 4) is 22.8 Å². The molecule has 0 unspecified atom stereocenters. The van der Waals surface area contributed by atoms with Gasteiger partial charge < -0.3 is 9.42 Å². The van der Waals surface area contributed by atoms with Crippen LogP contribution in [0.25, 0.3) is 22.8 Å². The maximum Gasteiger partial charge on any atom is 0.258 e. The Morgan fingerprint density at radius 3 is 2.79 bits per heavy atom. The Kier molecular flexibility index (Phi) is 3.78. The fourth-order valence-corrected chi connectivity index (χ4v) is 2.85. The van der Waals surface area contributed by atoms with Gasteiger partial charge in [-0.1, -0.05) is 17.3 Å². The zero-order valence-corrected chi connectivity index (χ0v) is 13.1. The topological polar surface area (TPSA) is 72.1 Å². The molecule has 120 valence electrons. The van der Waals surface area contributed by atoms with Crippen LogP contribution in [0, 0.1) is 0 Å². The van der Waals surface area contributed by atoms with Crippen LogP contribution in [0.3, 0.4) is 0 Å². The number of aromatic nitrogens is 3. The first-order valence-corrected chi connectivity index (χ1v) is 7.91. The molecule has 6 nitrogen and oxygen atoms in total. The third-order valence-electron chi connectivity index (χ3n) is 4.08. The van der Waals surface area contributed by atoms with Crippen LogP contribution >= 0.6 is 0 Å². The fourth-order valence-electron chi connectivity index (χ4n) is 2.85. The normalized spacial score (nSPS) is 14.3. The van der Waals surface area contributed by atoms with Crippen molar-refractivity contribution in [2.75, 3.05) is 6.54 Å². The van der Waals surface area contributed by atoms with E-state index in [-0.39, 0.29) is 5.91 Å². The fraction of sp³-hybridized carbons (Fsp3) is 0.222. The van der Waals surface area contributed by atoms with Gasteiger partial charge in [-0.3, -0.25) is 9.78 Å². The molecule has 1 aliphatic heterocycles. The number of amides is 1. The number of likely N-dealkylation sites (tertiary alicyclic amines) is 1. The van der Waals surface area contributed by atoms with E-state index in [9.17, 15) is 4.79 Å². The Morgan fingerprint density at radius 1 is 1.12 bits per heavy atom. The summed E-state index contributed by atoms with van der Waals surface area (Å²) in [6, 6.07) is 11.6. The molecule has 1 amide bonds. The van der Waals surface area contributed by atoms with Gasteiger partial charge in [-0.05, 0) is 36.2 Å². The van der Waals surface area contributed by atoms with Gasteiger partial charge in [-0.25, -0.2) is 0 Å². The SMILES string of the molecule is O=C1CCCN1Cc1cccc(-c2nc(-c3ccncc3)no2)c1. The number of nitrogens with zero attached hydrogens (tertiary/aromatic N) is 4. The van der Waals surface area contributed by atoms with Crippen LogP contribution in [0.1, 0.15) is 18.4 Å². The largest absolute Gasteiger partial charge is 0.338 e. The molecule has 3 aromatic rings. The van der Waals surface area contributed by atoms with Gasteiger partial charge in [0.05, 0.1) is 0 Å². The molecule has 0 bridgehead atoms. The molecule has 0 atom stereocenters. The Hall–Kier alpha value is -3.02. The number of hydrogen-bond donors (Lipinski definition) is 0. The van der Waals surface area contributed by atoms with Crippen molar-refractivity contribution < 1.29 is 9.32 Å². The van der Waals surface area contributed by atoms with Crippen molar-refractivity contribution in [3.05, 3.63) is 54.4 Å². The van der Waals surface area contributed by atoms with Gasteiger partial charge in [0, 0.05) is 43.0 Å². The van der Waals surface area contributed by atoms with Crippen LogP contribution < -0.4 is 0 Å². The highest BCUT2D eigenvalue weighted by Gasteiger charge is 2.20. The van der Waals surface area contributed by atoms with Gasteiger partial charge in [-0.15, -0.1) is 0 Å². The second-order valence-corrected chi connectivity index (χ2v) is 5.78. The van der Waals surface area contributed by atoms with E-state index in [2.05, 4.69) is 15.1 Å². The Morgan fingerprint density at radius 2 is 2.00 bits per heavy atom. The predicted molar refractivity (Wildman–Crippen MR) is 87.6 cm³/mol. The molecule has 4 rings (SSSR count). The number of carbonyl (C=O) groups is 1. The van der Waals surface area contributed by atoms with E-state index in [0.717, 1.165) is 29.7 Å². The molecule has 0 aliphatic carbocycles. The average Bonchev–Trinajstić information content (AvgIpc) is 3.26. The predicted octanol–water partition coefficient (Wildman–Crippen LogP) is 2.92. The number of carbonyl (C=O) groups excluding carboxylic acids is 1. The van der Waals surface area contributed by atoms with E-state index >= 15 is 0 Å². The second kappa shape index (κ2) is 6.23. The standard InChI is InChI=1S/C18H16N4O2/c23-16-5-2-10-22(16)12-13-3-1-4-15(11-13)18-20-17(21-24-18)14-6-8-19-9-7-14/h1,3-4,6-9,11H,2,5,10,12H2. The quantitative estimate of drug-likeness (QED) is 0.739. The highest BCUT2D eigenvalue weighted by atomic mass is 16.5. The van der Waals surface area contributed by atoms with Crippen molar-refractivity contribution in [2.45, 2.75) is 19.4 Å². The summed E-state index contributed by atoms with van der Waals surface area (Å²) in [4.78, 5) is 22.1. The molecular weight excluding hydrogens is 304 g/mol. The minimum atomic E-state index is 0.221. The van der Waals surface area contributed by atoms with E-state index in [0.29, 0.717) is 24.7 Å². The van der Waals surface area contributed by atoms with Gasteiger partial charge in [0.15, 0.2) is 0 Å². The van der Waals surface area contributed by atoms with E-state index in [4.69, 9.17) is 4.52 Å². The first kappa shape index (κ1) is 14.6. The van der Waals surface area contributed by atoms with Crippen LogP contribution in [-0.4, -0.2) is 32.5 Å². The number of pyridine rings is 1. The molecule has 0 N–H and O–H groups in total. The molecule has 1 saturated heterocycles. The molecule has 6 heteroatoms. The molecule has 0 radical (unpaired) electrons. The monoisotopic (exact) mass is 320 g/mol. The third kappa shape index (κ3) is 2.90. The van der Waals surface area contributed by atoms with Crippen LogP contribution in [0.2, 0.25) is 0 Å². The first-order valence-electron chi connectivity index (χ1n) is 7.91. The molecule has 1 aliphatic rings. The maximum atomic E-state index is 11.8. The Balaban J connectivity index is 1.57. The summed E-state index contributed by atoms with van der Waals surface area (Å²) in [5, 5.41) is 4.03. The highest BCUT2D eigenvalue weighted by Crippen LogP contribution is 2.23. The lowest BCUT2D eigenvalue weighted by molar-refractivity contribution is -0.128. The summed E-state index contributed by atoms with van der Waals surface area (Å²) in [5.74, 6) is 1.22. The summed E-state index contributed by atoms with van der Waals surface area (Å²) in [6.07, 6.45) is 4.98. The molecular formula is C18H16N4O2. The van der Waals surface area contributed by atoms with Crippen LogP contribution in [0.4, 0.5) is 0 Å². The lowest BCUT2D eigenvalue weighted by atomic mass is 10.1. The third-order valence-corrected chi connectivity index (χ3v) is 4.08. The molecule has 2 aromatic heterocycles. The van der Waals surface area contributed by atoms with Crippen molar-refractivity contribution in [1.29, 1.82) is 0 Å². The zero-order chi connectivity index (χ0) is 16.4. The van der Waals surface area contributed by atoms with Gasteiger partial charge >= 0.3 is 0 Å². The Labute approximate surface area is 139 Å². The minimum absolute atomic E-state index is 0.221. The summed E-state index contributed by atoms with van der Waals surface area (Å²) in [7, 11) is 0. The van der Waals surface area contributed by atoms with Gasteiger partial charge in [0.2, 0.25) is 11.7 Å². The van der Waals surface area contributed by atoms with Crippen LogP contribution in [0.15, 0.2) is 53.3 Å². The summed E-state index contributed by atoms with van der Waals surface area (Å²) in [5.41, 5.74) is 2.78. The van der Waals surface area contributed by atoms with Crippen molar-refractivity contribution in [3.63, 3.8) is 0 Å². The van der Waals surface area contributed by atoms with Crippen molar-refractivity contribution in [2.24, 2.45) is 0 Å². The average molecular weight is 320 g/mol. The minimum Gasteiger partial charge on any atom is -0.338 e. The van der Waals surface area contributed by atoms with Crippen molar-refractivity contribution >= 4 is 5.91 Å². The van der Waals surface area contributed by atoms with Gasteiger partial charge in [-0.2, -0.15) is 4.98 Å². The van der Waals surface area contributed by atoms with Gasteiger partial charge in [0.25, 0.3) is 5.89 Å². The molecule has 1 aromatic carbocycles. The van der Waals surface area contributed by atoms with Crippen LogP contribution in [-0.2, 0) is 11.3 Å². The maximum absolute atomic E-state index is 11.8. The summed E-state index contributed by atoms with van der Waals surface area (Å²) in [6.45, 7) is 1.45. The molecule has 24 heavy (non-hydrogen) atoms. The van der Waals surface area contributed by atoms with Crippen molar-refractivity contribution in [1.82, 2.24) is 20.0 Å². The lowest BCUT2D eigenvalue weighted by Crippen LogP contribution is -2.23. The highest BCUT2D eigenvalue weighted by molar-refractivity contribution is 5.78. The molecule has 0 spiro atoms. The van der Waals surface area contributed by atoms with Crippen LogP contribution in [0.5, 0.6) is 0 Å². The molecule has 0 saturated carbocycles. The lowest BCUT2D eigenvalue weighted by Gasteiger charge is -2.15. The number of rotatable bonds is 4. The number of benzene rings is 1. The van der Waals surface area contributed by atoms with E-state index in [1.807, 2.05) is 41.3 Å². The zero-order valence-electron chi connectivity index (χ0n) is 13.1. The Bertz CT molecular complexity index is 860. The van der Waals surface area contributed by atoms with E-state index in [1.165, 1.54) is 0 Å². The van der Waals surface area contributed by atoms with E-state index < -0.39 is 0 Å². The first-order chi connectivity index (χ1) is 11.8. The summed E-state index contributed by atoms with van der Waals surface area (Å²) < 4.78 is 5.39. The van der Waals surface area contributed by atoms with E-state index in [1.54, 1.807) is 12.4 Å². The van der Waals surface area contributed by atoms with Gasteiger partial charge in [0.1, 0.15) is 0 Å². The molecule has 3 heterocycles. The number of hydrogen-bond acceptors (Lipinski definition) is 5. The smallest absolute Gasteiger partial charge is 0.258 e.